The van der Waals surface area contributed by atoms with Crippen LogP contribution in [0.15, 0.2) is 22.7 Å². The number of aryl methyl sites for hydroxylation is 1. The minimum absolute atomic E-state index is 0.0773. The molecule has 1 aromatic carbocycles. The van der Waals surface area contributed by atoms with Crippen LogP contribution in [-0.2, 0) is 4.74 Å². The van der Waals surface area contributed by atoms with Gasteiger partial charge in [-0.2, -0.15) is 0 Å². The predicted molar refractivity (Wildman–Crippen MR) is 77.0 cm³/mol. The Balaban J connectivity index is 2.51. The number of rotatable bonds is 5. The highest BCUT2D eigenvalue weighted by Gasteiger charge is 2.08. The summed E-state index contributed by atoms with van der Waals surface area (Å²) in [7, 11) is 1.65. The van der Waals surface area contributed by atoms with Crippen molar-refractivity contribution in [3.63, 3.8) is 0 Å². The molecule has 0 aliphatic rings. The molecule has 0 aromatic heterocycles. The van der Waals surface area contributed by atoms with E-state index >= 15 is 0 Å². The number of urea groups is 1. The smallest absolute Gasteiger partial charge is 0.319 e. The van der Waals surface area contributed by atoms with E-state index in [1.165, 1.54) is 0 Å². The number of halogens is 1. The summed E-state index contributed by atoms with van der Waals surface area (Å²) in [5.74, 6) is 0. The van der Waals surface area contributed by atoms with Crippen LogP contribution in [-0.4, -0.2) is 25.8 Å². The third kappa shape index (κ3) is 5.06. The fourth-order valence-electron chi connectivity index (χ4n) is 1.48. The Morgan fingerprint density at radius 1 is 1.50 bits per heavy atom. The zero-order chi connectivity index (χ0) is 13.5. The van der Waals surface area contributed by atoms with Gasteiger partial charge in [0.05, 0.1) is 5.69 Å². The van der Waals surface area contributed by atoms with E-state index in [2.05, 4.69) is 26.6 Å². The number of anilines is 1. The summed E-state index contributed by atoms with van der Waals surface area (Å²) in [5, 5.41) is 5.68. The van der Waals surface area contributed by atoms with Crippen LogP contribution in [0.1, 0.15) is 18.9 Å². The molecule has 1 atom stereocenters. The molecule has 2 N–H and O–H groups in total. The largest absolute Gasteiger partial charge is 0.385 e. The Hall–Kier alpha value is -1.07. The molecule has 0 aliphatic carbocycles. The SMILES string of the molecule is COCC[C@@H](C)NC(=O)Nc1cc(C)ccc1Br. The normalized spacial score (nSPS) is 12.0. The van der Waals surface area contributed by atoms with Crippen molar-refractivity contribution in [1.82, 2.24) is 5.32 Å². The Morgan fingerprint density at radius 2 is 2.22 bits per heavy atom. The van der Waals surface area contributed by atoms with E-state index in [1.807, 2.05) is 32.0 Å². The number of hydrogen-bond donors (Lipinski definition) is 2. The van der Waals surface area contributed by atoms with Gasteiger partial charge < -0.3 is 15.4 Å². The molecule has 0 spiro atoms. The molecule has 18 heavy (non-hydrogen) atoms. The highest BCUT2D eigenvalue weighted by atomic mass is 79.9. The molecule has 4 nitrogen and oxygen atoms in total. The van der Waals surface area contributed by atoms with Gasteiger partial charge >= 0.3 is 6.03 Å². The van der Waals surface area contributed by atoms with Crippen LogP contribution >= 0.6 is 15.9 Å². The number of benzene rings is 1. The average Bonchev–Trinajstić information content (AvgIpc) is 2.31. The molecule has 0 heterocycles. The van der Waals surface area contributed by atoms with E-state index in [1.54, 1.807) is 7.11 Å². The molecule has 0 unspecified atom stereocenters. The first kappa shape index (κ1) is 15.0. The first-order chi connectivity index (χ1) is 8.52. The molecule has 0 bridgehead atoms. The molecule has 1 aromatic rings. The molecule has 5 heteroatoms. The summed E-state index contributed by atoms with van der Waals surface area (Å²) in [6.07, 6.45) is 0.791. The summed E-state index contributed by atoms with van der Waals surface area (Å²) >= 11 is 3.40. The lowest BCUT2D eigenvalue weighted by molar-refractivity contribution is 0.185. The molecular formula is C13H19BrN2O2. The van der Waals surface area contributed by atoms with Crippen molar-refractivity contribution in [2.45, 2.75) is 26.3 Å². The van der Waals surface area contributed by atoms with Crippen LogP contribution in [0.5, 0.6) is 0 Å². The number of amides is 2. The van der Waals surface area contributed by atoms with Crippen molar-refractivity contribution in [3.05, 3.63) is 28.2 Å². The van der Waals surface area contributed by atoms with E-state index in [0.29, 0.717) is 6.61 Å². The van der Waals surface area contributed by atoms with Gasteiger partial charge in [0.2, 0.25) is 0 Å². The summed E-state index contributed by atoms with van der Waals surface area (Å²) in [6, 6.07) is 5.69. The highest BCUT2D eigenvalue weighted by Crippen LogP contribution is 2.23. The fraction of sp³-hybridized carbons (Fsp3) is 0.462. The molecule has 0 saturated carbocycles. The minimum atomic E-state index is -0.204. The summed E-state index contributed by atoms with van der Waals surface area (Å²) < 4.78 is 5.84. The molecule has 100 valence electrons. The number of methoxy groups -OCH3 is 1. The maximum atomic E-state index is 11.8. The average molecular weight is 315 g/mol. The zero-order valence-corrected chi connectivity index (χ0v) is 12.5. The van der Waals surface area contributed by atoms with Crippen LogP contribution in [0.3, 0.4) is 0 Å². The van der Waals surface area contributed by atoms with Crippen molar-refractivity contribution >= 4 is 27.6 Å². The van der Waals surface area contributed by atoms with Crippen molar-refractivity contribution in [2.75, 3.05) is 19.0 Å². The zero-order valence-electron chi connectivity index (χ0n) is 10.9. The van der Waals surface area contributed by atoms with Gasteiger partial charge in [0.1, 0.15) is 0 Å². The number of carbonyl (C=O) groups is 1. The summed E-state index contributed by atoms with van der Waals surface area (Å²) in [4.78, 5) is 11.8. The Bertz CT molecular complexity index is 410. The maximum absolute atomic E-state index is 11.8. The van der Waals surface area contributed by atoms with E-state index < -0.39 is 0 Å². The van der Waals surface area contributed by atoms with Gasteiger partial charge in [-0.15, -0.1) is 0 Å². The number of hydrogen-bond acceptors (Lipinski definition) is 2. The number of carbonyl (C=O) groups excluding carboxylic acids is 1. The lowest BCUT2D eigenvalue weighted by Gasteiger charge is -2.15. The molecule has 1 rings (SSSR count). The second-order valence-corrected chi connectivity index (χ2v) is 5.12. The van der Waals surface area contributed by atoms with Crippen LogP contribution in [0.4, 0.5) is 10.5 Å². The second kappa shape index (κ2) is 7.38. The van der Waals surface area contributed by atoms with Gasteiger partial charge in [0, 0.05) is 24.2 Å². The molecule has 0 saturated heterocycles. The van der Waals surface area contributed by atoms with Crippen molar-refractivity contribution in [1.29, 1.82) is 0 Å². The number of nitrogens with one attached hydrogen (secondary N) is 2. The van der Waals surface area contributed by atoms with E-state index in [-0.39, 0.29) is 12.1 Å². The van der Waals surface area contributed by atoms with Gasteiger partial charge in [-0.1, -0.05) is 6.07 Å². The first-order valence-corrected chi connectivity index (χ1v) is 6.65. The predicted octanol–water partition coefficient (Wildman–Crippen LogP) is 3.30. The van der Waals surface area contributed by atoms with Crippen LogP contribution in [0.2, 0.25) is 0 Å². The quantitative estimate of drug-likeness (QED) is 0.876. The summed E-state index contributed by atoms with van der Waals surface area (Å²) in [5.41, 5.74) is 1.87. The van der Waals surface area contributed by atoms with Crippen LogP contribution in [0, 0.1) is 6.92 Å². The van der Waals surface area contributed by atoms with Crippen molar-refractivity contribution in [2.24, 2.45) is 0 Å². The number of ether oxygens (including phenoxy) is 1. The van der Waals surface area contributed by atoms with Gasteiger partial charge in [0.25, 0.3) is 0 Å². The van der Waals surface area contributed by atoms with Crippen molar-refractivity contribution < 1.29 is 9.53 Å². The highest BCUT2D eigenvalue weighted by molar-refractivity contribution is 9.10. The van der Waals surface area contributed by atoms with Crippen LogP contribution in [0.25, 0.3) is 0 Å². The third-order valence-corrected chi connectivity index (χ3v) is 3.19. The van der Waals surface area contributed by atoms with Crippen molar-refractivity contribution in [3.8, 4) is 0 Å². The van der Waals surface area contributed by atoms with E-state index in [0.717, 1.165) is 22.1 Å². The third-order valence-electron chi connectivity index (χ3n) is 2.50. The van der Waals surface area contributed by atoms with E-state index in [9.17, 15) is 4.79 Å². The van der Waals surface area contributed by atoms with E-state index in [4.69, 9.17) is 4.74 Å². The molecule has 2 amide bonds. The minimum Gasteiger partial charge on any atom is -0.385 e. The lowest BCUT2D eigenvalue weighted by atomic mass is 10.2. The Labute approximate surface area is 116 Å². The molecule has 0 fully saturated rings. The molecule has 0 aliphatic heterocycles. The summed E-state index contributed by atoms with van der Waals surface area (Å²) in [6.45, 7) is 4.57. The first-order valence-electron chi connectivity index (χ1n) is 5.85. The molecular weight excluding hydrogens is 296 g/mol. The lowest BCUT2D eigenvalue weighted by Crippen LogP contribution is -2.36. The molecule has 0 radical (unpaired) electrons. The maximum Gasteiger partial charge on any atom is 0.319 e. The van der Waals surface area contributed by atoms with Gasteiger partial charge in [-0.05, 0) is 53.9 Å². The van der Waals surface area contributed by atoms with Gasteiger partial charge in [-0.25, -0.2) is 4.79 Å². The van der Waals surface area contributed by atoms with Gasteiger partial charge in [0.15, 0.2) is 0 Å². The topological polar surface area (TPSA) is 50.4 Å². The Kier molecular flexibility index (Phi) is 6.15. The van der Waals surface area contributed by atoms with Crippen LogP contribution < -0.4 is 10.6 Å². The standard InChI is InChI=1S/C13H19BrN2O2/c1-9-4-5-11(14)12(8-9)16-13(17)15-10(2)6-7-18-3/h4-5,8,10H,6-7H2,1-3H3,(H2,15,16,17)/t10-/m1/s1. The fourth-order valence-corrected chi connectivity index (χ4v) is 1.83. The Morgan fingerprint density at radius 3 is 2.89 bits per heavy atom. The second-order valence-electron chi connectivity index (χ2n) is 4.26. The monoisotopic (exact) mass is 314 g/mol. The van der Waals surface area contributed by atoms with Gasteiger partial charge in [-0.3, -0.25) is 0 Å².